The summed E-state index contributed by atoms with van der Waals surface area (Å²) in [5, 5.41) is 5.29. The number of amides is 2. The van der Waals surface area contributed by atoms with E-state index in [9.17, 15) is 22.8 Å². The van der Waals surface area contributed by atoms with E-state index in [0.717, 1.165) is 17.2 Å². The number of carbonyl (C=O) groups is 2. The maximum atomic E-state index is 12.6. The smallest absolute Gasteiger partial charge is 0.422 e. The van der Waals surface area contributed by atoms with Gasteiger partial charge in [-0.3, -0.25) is 10.1 Å². The van der Waals surface area contributed by atoms with Crippen molar-refractivity contribution in [2.45, 2.75) is 32.5 Å². The number of ether oxygens (including phenoxy) is 2. The maximum Gasteiger partial charge on any atom is 0.422 e. The van der Waals surface area contributed by atoms with Gasteiger partial charge in [0.15, 0.2) is 18.4 Å². The number of halogens is 3. The van der Waals surface area contributed by atoms with Crippen LogP contribution >= 0.6 is 0 Å². The number of pyridine rings is 1. The van der Waals surface area contributed by atoms with Crippen LogP contribution in [0.4, 0.5) is 35.2 Å². The zero-order valence-corrected chi connectivity index (χ0v) is 21.3. The molecule has 3 rings (SSSR count). The molecule has 2 amide bonds. The summed E-state index contributed by atoms with van der Waals surface area (Å²) in [5.41, 5.74) is 12.6. The molecule has 39 heavy (non-hydrogen) atoms. The van der Waals surface area contributed by atoms with Crippen LogP contribution in [0.2, 0.25) is 0 Å². The van der Waals surface area contributed by atoms with E-state index in [1.807, 2.05) is 0 Å². The Bertz CT molecular complexity index is 1350. The molecule has 10 nitrogen and oxygen atoms in total. The number of nitrogens with one attached hydrogen (secondary N) is 2. The fourth-order valence-corrected chi connectivity index (χ4v) is 3.14. The number of carbonyl (C=O) groups excluding carboxylic acids is 2. The zero-order chi connectivity index (χ0) is 28.8. The van der Waals surface area contributed by atoms with Crippen LogP contribution in [0, 0.1) is 0 Å². The van der Waals surface area contributed by atoms with E-state index in [1.54, 1.807) is 63.4 Å². The highest BCUT2D eigenvalue weighted by atomic mass is 19.4. The minimum absolute atomic E-state index is 0.0425. The first kappa shape index (κ1) is 28.8. The summed E-state index contributed by atoms with van der Waals surface area (Å²) in [6.07, 6.45) is -3.60. The van der Waals surface area contributed by atoms with Crippen LogP contribution in [-0.2, 0) is 4.74 Å². The number of hydrogen-bond donors (Lipinski definition) is 4. The number of benzene rings is 2. The monoisotopic (exact) mass is 544 g/mol. The number of guanidine groups is 1. The molecule has 6 N–H and O–H groups in total. The van der Waals surface area contributed by atoms with Gasteiger partial charge in [-0.15, -0.1) is 0 Å². The van der Waals surface area contributed by atoms with E-state index >= 15 is 0 Å². The molecule has 1 heterocycles. The van der Waals surface area contributed by atoms with E-state index in [0.29, 0.717) is 5.69 Å². The molecular weight excluding hydrogens is 517 g/mol. The summed E-state index contributed by atoms with van der Waals surface area (Å²) in [6.45, 7) is 3.73. The molecule has 3 aromatic rings. The van der Waals surface area contributed by atoms with E-state index in [2.05, 4.69) is 20.6 Å². The minimum atomic E-state index is -4.60. The Hall–Kier alpha value is -4.81. The molecule has 0 saturated heterocycles. The maximum absolute atomic E-state index is 12.6. The van der Waals surface area contributed by atoms with Crippen molar-refractivity contribution >= 4 is 35.2 Å². The van der Waals surface area contributed by atoms with Crippen LogP contribution in [-0.4, -0.2) is 41.3 Å². The average Bonchev–Trinajstić information content (AvgIpc) is 2.82. The van der Waals surface area contributed by atoms with Crippen molar-refractivity contribution in [3.8, 4) is 16.9 Å². The Labute approximate surface area is 222 Å². The summed E-state index contributed by atoms with van der Waals surface area (Å²) in [4.78, 5) is 31.7. The van der Waals surface area contributed by atoms with Crippen molar-refractivity contribution in [3.63, 3.8) is 0 Å². The third-order valence-corrected chi connectivity index (χ3v) is 4.77. The molecule has 0 aliphatic heterocycles. The number of alkyl halides is 3. The SMILES string of the molecule is CC(C)(C)OC(=O)Nc1ccc(-c2ccc(N=C(N)Nc3ccc(C(N)=O)cc3OCC(F)(F)F)nc2)cc1. The molecule has 1 aromatic heterocycles. The second kappa shape index (κ2) is 11.7. The first-order valence-corrected chi connectivity index (χ1v) is 11.5. The van der Waals surface area contributed by atoms with Gasteiger partial charge >= 0.3 is 12.3 Å². The third-order valence-electron chi connectivity index (χ3n) is 4.77. The highest BCUT2D eigenvalue weighted by Gasteiger charge is 2.29. The predicted octanol–water partition coefficient (Wildman–Crippen LogP) is 5.19. The second-order valence-electron chi connectivity index (χ2n) is 9.21. The molecule has 0 bridgehead atoms. The number of anilines is 2. The fourth-order valence-electron chi connectivity index (χ4n) is 3.14. The van der Waals surface area contributed by atoms with Gasteiger partial charge < -0.3 is 26.3 Å². The molecule has 0 aliphatic rings. The van der Waals surface area contributed by atoms with Crippen molar-refractivity contribution in [2.24, 2.45) is 16.5 Å². The molecule has 13 heteroatoms. The molecule has 0 atom stereocenters. The van der Waals surface area contributed by atoms with Crippen LogP contribution < -0.4 is 26.8 Å². The first-order chi connectivity index (χ1) is 18.2. The number of nitrogens with zero attached hydrogens (tertiary/aromatic N) is 2. The van der Waals surface area contributed by atoms with Gasteiger partial charge in [-0.05, 0) is 68.8 Å². The minimum Gasteiger partial charge on any atom is -0.482 e. The van der Waals surface area contributed by atoms with Crippen LogP contribution in [0.1, 0.15) is 31.1 Å². The van der Waals surface area contributed by atoms with Gasteiger partial charge in [-0.1, -0.05) is 12.1 Å². The Morgan fingerprint density at radius 3 is 2.18 bits per heavy atom. The van der Waals surface area contributed by atoms with Gasteiger partial charge in [0, 0.05) is 23.0 Å². The number of aromatic nitrogens is 1. The van der Waals surface area contributed by atoms with Crippen molar-refractivity contribution in [2.75, 3.05) is 17.2 Å². The third kappa shape index (κ3) is 9.22. The highest BCUT2D eigenvalue weighted by Crippen LogP contribution is 2.28. The summed E-state index contributed by atoms with van der Waals surface area (Å²) in [7, 11) is 0. The topological polar surface area (TPSA) is 154 Å². The number of nitrogens with two attached hydrogens (primary N) is 2. The van der Waals surface area contributed by atoms with Crippen LogP contribution in [0.15, 0.2) is 65.8 Å². The fraction of sp³-hybridized carbons (Fsp3) is 0.231. The lowest BCUT2D eigenvalue weighted by molar-refractivity contribution is -0.153. The van der Waals surface area contributed by atoms with Crippen LogP contribution in [0.25, 0.3) is 11.1 Å². The average molecular weight is 545 g/mol. The van der Waals surface area contributed by atoms with E-state index in [1.165, 1.54) is 12.1 Å². The summed E-state index contributed by atoms with van der Waals surface area (Å²) in [5.74, 6) is -1.08. The van der Waals surface area contributed by atoms with E-state index < -0.39 is 30.4 Å². The standard InChI is InChI=1S/C26H27F3N6O4/c1-25(2,3)39-24(37)33-18-8-4-15(5-9-18)17-7-11-21(32-13-17)35-23(31)34-19-10-6-16(22(30)36)12-20(19)38-14-26(27,28)29/h4-13H,14H2,1-3H3,(H2,30,36)(H,33,37)(H3,31,32,34,35). The van der Waals surface area contributed by atoms with Gasteiger partial charge in [0.1, 0.15) is 11.4 Å². The Morgan fingerprint density at radius 2 is 1.62 bits per heavy atom. The number of primary amides is 1. The highest BCUT2D eigenvalue weighted by molar-refractivity contribution is 5.97. The number of aliphatic imine (C=N–C) groups is 1. The first-order valence-electron chi connectivity index (χ1n) is 11.5. The molecule has 0 radical (unpaired) electrons. The lowest BCUT2D eigenvalue weighted by Crippen LogP contribution is -2.27. The lowest BCUT2D eigenvalue weighted by Gasteiger charge is -2.19. The van der Waals surface area contributed by atoms with Gasteiger partial charge in [-0.2, -0.15) is 18.2 Å². The van der Waals surface area contributed by atoms with E-state index in [-0.39, 0.29) is 28.8 Å². The molecule has 206 valence electrons. The molecule has 0 saturated carbocycles. The molecule has 0 aliphatic carbocycles. The molecule has 0 unspecified atom stereocenters. The summed E-state index contributed by atoms with van der Waals surface area (Å²) >= 11 is 0. The van der Waals surface area contributed by atoms with Gasteiger partial charge in [-0.25, -0.2) is 9.78 Å². The normalized spacial score (nSPS) is 12.0. The quantitative estimate of drug-likeness (QED) is 0.236. The largest absolute Gasteiger partial charge is 0.482 e. The number of hydrogen-bond acceptors (Lipinski definition) is 6. The zero-order valence-electron chi connectivity index (χ0n) is 21.3. The predicted molar refractivity (Wildman–Crippen MR) is 141 cm³/mol. The summed E-state index contributed by atoms with van der Waals surface area (Å²) in [6, 6.07) is 14.0. The van der Waals surface area contributed by atoms with Gasteiger partial charge in [0.25, 0.3) is 0 Å². The van der Waals surface area contributed by atoms with E-state index in [4.69, 9.17) is 20.9 Å². The van der Waals surface area contributed by atoms with Crippen molar-refractivity contribution in [1.29, 1.82) is 0 Å². The molecular formula is C26H27F3N6O4. The molecule has 0 fully saturated rings. The van der Waals surface area contributed by atoms with Crippen LogP contribution in [0.5, 0.6) is 5.75 Å². The molecule has 2 aromatic carbocycles. The Morgan fingerprint density at radius 1 is 0.949 bits per heavy atom. The van der Waals surface area contributed by atoms with Crippen molar-refractivity contribution in [1.82, 2.24) is 4.98 Å². The van der Waals surface area contributed by atoms with Crippen molar-refractivity contribution in [3.05, 3.63) is 66.4 Å². The summed E-state index contributed by atoms with van der Waals surface area (Å²) < 4.78 is 48.0. The molecule has 0 spiro atoms. The van der Waals surface area contributed by atoms with Crippen molar-refractivity contribution < 1.29 is 32.2 Å². The van der Waals surface area contributed by atoms with Crippen LogP contribution in [0.3, 0.4) is 0 Å². The lowest BCUT2D eigenvalue weighted by atomic mass is 10.1. The second-order valence-corrected chi connectivity index (χ2v) is 9.21. The number of rotatable bonds is 7. The Balaban J connectivity index is 1.69. The van der Waals surface area contributed by atoms with Gasteiger partial charge in [0.2, 0.25) is 5.91 Å². The van der Waals surface area contributed by atoms with Gasteiger partial charge in [0.05, 0.1) is 5.69 Å². The Kier molecular flexibility index (Phi) is 8.64.